The number of nitriles is 1. The fourth-order valence-corrected chi connectivity index (χ4v) is 2.68. The molecule has 0 radical (unpaired) electrons. The number of nitrogens with two attached hydrogens (primary N) is 1. The first-order valence-electron chi connectivity index (χ1n) is 6.47. The van der Waals surface area contributed by atoms with Gasteiger partial charge in [-0.05, 0) is 43.0 Å². The highest BCUT2D eigenvalue weighted by atomic mass is 16.5. The number of aryl methyl sites for hydroxylation is 1. The molecule has 0 spiro atoms. The quantitative estimate of drug-likeness (QED) is 0.903. The molecule has 0 saturated heterocycles. The molecule has 1 unspecified atom stereocenters. The summed E-state index contributed by atoms with van der Waals surface area (Å²) in [5.74, 6) is 1.35. The van der Waals surface area contributed by atoms with E-state index < -0.39 is 5.41 Å². The second-order valence-corrected chi connectivity index (χ2v) is 5.16. The van der Waals surface area contributed by atoms with Crippen LogP contribution in [0.15, 0.2) is 12.1 Å². The Balaban J connectivity index is 2.42. The summed E-state index contributed by atoms with van der Waals surface area (Å²) in [6.07, 6.45) is 2.82. The Hall–Kier alpha value is -1.73. The fourth-order valence-electron chi connectivity index (χ4n) is 2.68. The van der Waals surface area contributed by atoms with Crippen molar-refractivity contribution in [1.82, 2.24) is 0 Å². The zero-order valence-electron chi connectivity index (χ0n) is 11.7. The van der Waals surface area contributed by atoms with Crippen molar-refractivity contribution in [2.75, 3.05) is 14.2 Å². The van der Waals surface area contributed by atoms with Crippen LogP contribution < -0.4 is 15.2 Å². The van der Waals surface area contributed by atoms with Crippen LogP contribution in [0.2, 0.25) is 0 Å². The third-order valence-corrected chi connectivity index (χ3v) is 4.17. The van der Waals surface area contributed by atoms with E-state index in [1.807, 2.05) is 19.1 Å². The molecule has 0 aromatic heterocycles. The normalized spacial score (nSPS) is 18.1. The largest absolute Gasteiger partial charge is 0.493 e. The second kappa shape index (κ2) is 5.10. The Kier molecular flexibility index (Phi) is 3.68. The average Bonchev–Trinajstić information content (AvgIpc) is 2.37. The molecule has 1 aromatic rings. The van der Waals surface area contributed by atoms with Gasteiger partial charge in [0.15, 0.2) is 11.5 Å². The average molecular weight is 260 g/mol. The predicted molar refractivity (Wildman–Crippen MR) is 73.1 cm³/mol. The van der Waals surface area contributed by atoms with Crippen molar-refractivity contribution < 1.29 is 9.47 Å². The van der Waals surface area contributed by atoms with Gasteiger partial charge < -0.3 is 15.2 Å². The van der Waals surface area contributed by atoms with Gasteiger partial charge in [0.2, 0.25) is 0 Å². The molecule has 2 rings (SSSR count). The molecular formula is C15H20N2O2. The minimum atomic E-state index is -0.412. The summed E-state index contributed by atoms with van der Waals surface area (Å²) in [7, 11) is 3.21. The van der Waals surface area contributed by atoms with Gasteiger partial charge in [0.05, 0.1) is 25.7 Å². The van der Waals surface area contributed by atoms with Crippen molar-refractivity contribution in [3.8, 4) is 17.6 Å². The van der Waals surface area contributed by atoms with Crippen LogP contribution in [0.1, 0.15) is 36.4 Å². The fraction of sp³-hybridized carbons (Fsp3) is 0.533. The van der Waals surface area contributed by atoms with E-state index in [4.69, 9.17) is 15.2 Å². The van der Waals surface area contributed by atoms with Crippen molar-refractivity contribution in [1.29, 1.82) is 5.26 Å². The molecule has 1 saturated carbocycles. The Labute approximate surface area is 114 Å². The second-order valence-electron chi connectivity index (χ2n) is 5.16. The molecule has 19 heavy (non-hydrogen) atoms. The van der Waals surface area contributed by atoms with Crippen LogP contribution in [-0.4, -0.2) is 14.2 Å². The van der Waals surface area contributed by atoms with Gasteiger partial charge in [0.25, 0.3) is 0 Å². The van der Waals surface area contributed by atoms with Crippen molar-refractivity contribution in [2.24, 2.45) is 11.1 Å². The Morgan fingerprint density at radius 1 is 1.26 bits per heavy atom. The first-order valence-corrected chi connectivity index (χ1v) is 6.47. The number of hydrogen-bond donors (Lipinski definition) is 1. The van der Waals surface area contributed by atoms with E-state index in [-0.39, 0.29) is 6.04 Å². The minimum Gasteiger partial charge on any atom is -0.493 e. The van der Waals surface area contributed by atoms with E-state index in [1.165, 1.54) is 0 Å². The maximum absolute atomic E-state index is 9.40. The lowest BCUT2D eigenvalue weighted by molar-refractivity contribution is 0.168. The van der Waals surface area contributed by atoms with Gasteiger partial charge in [-0.2, -0.15) is 5.26 Å². The topological polar surface area (TPSA) is 68.3 Å². The lowest BCUT2D eigenvalue weighted by Crippen LogP contribution is -2.39. The molecule has 4 heteroatoms. The van der Waals surface area contributed by atoms with E-state index in [9.17, 15) is 5.26 Å². The highest BCUT2D eigenvalue weighted by Crippen LogP contribution is 2.50. The van der Waals surface area contributed by atoms with Crippen molar-refractivity contribution >= 4 is 0 Å². The molecule has 102 valence electrons. The van der Waals surface area contributed by atoms with Crippen LogP contribution in [0.3, 0.4) is 0 Å². The molecule has 0 aliphatic heterocycles. The molecule has 0 bridgehead atoms. The van der Waals surface area contributed by atoms with Crippen molar-refractivity contribution in [3.63, 3.8) is 0 Å². The van der Waals surface area contributed by atoms with Crippen LogP contribution >= 0.6 is 0 Å². The monoisotopic (exact) mass is 260 g/mol. The van der Waals surface area contributed by atoms with Crippen LogP contribution in [0.25, 0.3) is 0 Å². The first kappa shape index (κ1) is 13.7. The zero-order valence-corrected chi connectivity index (χ0v) is 11.7. The lowest BCUT2D eigenvalue weighted by atomic mass is 9.63. The van der Waals surface area contributed by atoms with Gasteiger partial charge in [-0.1, -0.05) is 6.42 Å². The Morgan fingerprint density at radius 2 is 1.84 bits per heavy atom. The lowest BCUT2D eigenvalue weighted by Gasteiger charge is -2.41. The summed E-state index contributed by atoms with van der Waals surface area (Å²) in [5.41, 5.74) is 7.94. The number of methoxy groups -OCH3 is 2. The van der Waals surface area contributed by atoms with E-state index >= 15 is 0 Å². The number of nitrogens with zero attached hydrogens (tertiary/aromatic N) is 1. The van der Waals surface area contributed by atoms with Crippen LogP contribution in [0.5, 0.6) is 11.5 Å². The molecule has 1 aliphatic carbocycles. The predicted octanol–water partition coefficient (Wildman–Crippen LogP) is 2.71. The smallest absolute Gasteiger partial charge is 0.161 e. The number of rotatable bonds is 4. The molecule has 1 aromatic carbocycles. The van der Waals surface area contributed by atoms with Crippen molar-refractivity contribution in [3.05, 3.63) is 23.3 Å². The Morgan fingerprint density at radius 3 is 2.26 bits per heavy atom. The molecular weight excluding hydrogens is 240 g/mol. The van der Waals surface area contributed by atoms with E-state index in [0.29, 0.717) is 11.5 Å². The highest BCUT2D eigenvalue weighted by Gasteiger charge is 2.44. The van der Waals surface area contributed by atoms with Gasteiger partial charge in [-0.15, -0.1) is 0 Å². The SMILES string of the molecule is COc1cc(C)c(C(N)C2(C#N)CCC2)cc1OC. The highest BCUT2D eigenvalue weighted by molar-refractivity contribution is 5.49. The summed E-state index contributed by atoms with van der Waals surface area (Å²) >= 11 is 0. The van der Waals surface area contributed by atoms with E-state index in [0.717, 1.165) is 30.4 Å². The summed E-state index contributed by atoms with van der Waals surface area (Å²) < 4.78 is 10.6. The summed E-state index contributed by atoms with van der Waals surface area (Å²) in [4.78, 5) is 0. The molecule has 4 nitrogen and oxygen atoms in total. The molecule has 2 N–H and O–H groups in total. The molecule has 1 fully saturated rings. The zero-order chi connectivity index (χ0) is 14.0. The van der Waals surface area contributed by atoms with Crippen LogP contribution in [-0.2, 0) is 0 Å². The van der Waals surface area contributed by atoms with Crippen LogP contribution in [0, 0.1) is 23.7 Å². The summed E-state index contributed by atoms with van der Waals surface area (Å²) in [6.45, 7) is 1.99. The number of ether oxygens (including phenoxy) is 2. The van der Waals surface area contributed by atoms with Gasteiger partial charge in [-0.25, -0.2) is 0 Å². The minimum absolute atomic E-state index is 0.272. The summed E-state index contributed by atoms with van der Waals surface area (Å²) in [5, 5.41) is 9.40. The van der Waals surface area contributed by atoms with Gasteiger partial charge in [0, 0.05) is 6.04 Å². The Bertz CT molecular complexity index is 516. The third kappa shape index (κ3) is 2.15. The standard InChI is InChI=1S/C15H20N2O2/c1-10-7-12(18-2)13(19-3)8-11(10)14(17)15(9-16)5-4-6-15/h7-8,14H,4-6,17H2,1-3H3. The molecule has 0 heterocycles. The molecule has 1 atom stereocenters. The third-order valence-electron chi connectivity index (χ3n) is 4.17. The molecule has 1 aliphatic rings. The number of hydrogen-bond acceptors (Lipinski definition) is 4. The van der Waals surface area contributed by atoms with Gasteiger partial charge in [-0.3, -0.25) is 0 Å². The van der Waals surface area contributed by atoms with Crippen molar-refractivity contribution in [2.45, 2.75) is 32.2 Å². The van der Waals surface area contributed by atoms with Crippen LogP contribution in [0.4, 0.5) is 0 Å². The van der Waals surface area contributed by atoms with Gasteiger partial charge in [0.1, 0.15) is 0 Å². The maximum atomic E-state index is 9.40. The maximum Gasteiger partial charge on any atom is 0.161 e. The molecule has 0 amide bonds. The summed E-state index contributed by atoms with van der Waals surface area (Å²) in [6, 6.07) is 5.95. The van der Waals surface area contributed by atoms with E-state index in [2.05, 4.69) is 6.07 Å². The number of benzene rings is 1. The van der Waals surface area contributed by atoms with E-state index in [1.54, 1.807) is 14.2 Å². The van der Waals surface area contributed by atoms with Gasteiger partial charge >= 0.3 is 0 Å². The first-order chi connectivity index (χ1) is 9.07.